The molecule has 2 aliphatic rings. The Balaban J connectivity index is 1.05. The lowest BCUT2D eigenvalue weighted by atomic mass is 10.1. The fourth-order valence-electron chi connectivity index (χ4n) is 4.55. The van der Waals surface area contributed by atoms with Crippen molar-refractivity contribution in [1.82, 2.24) is 24.8 Å². The molecule has 3 heterocycles. The van der Waals surface area contributed by atoms with Crippen molar-refractivity contribution in [3.8, 4) is 11.5 Å². The average Bonchev–Trinajstić information content (AvgIpc) is 3.51. The summed E-state index contributed by atoms with van der Waals surface area (Å²) >= 11 is 0. The van der Waals surface area contributed by atoms with Gasteiger partial charge in [-0.25, -0.2) is 4.68 Å². The van der Waals surface area contributed by atoms with Gasteiger partial charge in [-0.15, -0.1) is 5.10 Å². The van der Waals surface area contributed by atoms with Crippen molar-refractivity contribution in [2.75, 3.05) is 33.0 Å². The Morgan fingerprint density at radius 2 is 1.59 bits per heavy atom. The minimum atomic E-state index is 0.0838. The molecular formula is C26H25N5O3. The Morgan fingerprint density at radius 3 is 2.44 bits per heavy atom. The molecule has 8 heteroatoms. The number of amides is 1. The molecule has 8 nitrogen and oxygen atoms in total. The van der Waals surface area contributed by atoms with Crippen molar-refractivity contribution < 1.29 is 14.3 Å². The van der Waals surface area contributed by atoms with Crippen molar-refractivity contribution in [3.05, 3.63) is 83.4 Å². The number of ether oxygens (including phenoxy) is 2. The van der Waals surface area contributed by atoms with Crippen LogP contribution in [-0.4, -0.2) is 63.7 Å². The van der Waals surface area contributed by atoms with Gasteiger partial charge in [0.15, 0.2) is 11.5 Å². The van der Waals surface area contributed by atoms with E-state index < -0.39 is 0 Å². The summed E-state index contributed by atoms with van der Waals surface area (Å²) in [5, 5.41) is 8.46. The van der Waals surface area contributed by atoms with E-state index in [0.29, 0.717) is 6.54 Å². The summed E-state index contributed by atoms with van der Waals surface area (Å²) in [6.07, 6.45) is 0. The lowest BCUT2D eigenvalue weighted by Gasteiger charge is -2.34. The summed E-state index contributed by atoms with van der Waals surface area (Å²) in [6.45, 7) is 4.87. The summed E-state index contributed by atoms with van der Waals surface area (Å²) in [5.74, 6) is 1.70. The first-order valence-electron chi connectivity index (χ1n) is 11.5. The number of benzene rings is 3. The highest BCUT2D eigenvalue weighted by Crippen LogP contribution is 2.32. The second kappa shape index (κ2) is 8.79. The van der Waals surface area contributed by atoms with Crippen molar-refractivity contribution in [1.29, 1.82) is 0 Å². The van der Waals surface area contributed by atoms with Gasteiger partial charge in [-0.3, -0.25) is 9.69 Å². The zero-order valence-electron chi connectivity index (χ0n) is 18.8. The van der Waals surface area contributed by atoms with Gasteiger partial charge >= 0.3 is 0 Å². The van der Waals surface area contributed by atoms with Crippen LogP contribution in [-0.2, 0) is 13.1 Å². The van der Waals surface area contributed by atoms with Crippen molar-refractivity contribution >= 4 is 16.9 Å². The van der Waals surface area contributed by atoms with Crippen LogP contribution in [0.4, 0.5) is 0 Å². The predicted octanol–water partition coefficient (Wildman–Crippen LogP) is 3.17. The molecule has 172 valence electrons. The van der Waals surface area contributed by atoms with E-state index in [1.165, 1.54) is 5.56 Å². The first kappa shape index (κ1) is 20.7. The van der Waals surface area contributed by atoms with Gasteiger partial charge < -0.3 is 14.4 Å². The second-order valence-corrected chi connectivity index (χ2v) is 8.69. The molecule has 0 unspecified atom stereocenters. The quantitative estimate of drug-likeness (QED) is 0.460. The van der Waals surface area contributed by atoms with Crippen molar-refractivity contribution in [3.63, 3.8) is 0 Å². The van der Waals surface area contributed by atoms with Crippen LogP contribution < -0.4 is 9.47 Å². The van der Waals surface area contributed by atoms with E-state index in [1.807, 2.05) is 70.2 Å². The molecule has 4 aromatic rings. The third-order valence-corrected chi connectivity index (χ3v) is 6.46. The number of rotatable bonds is 5. The second-order valence-electron chi connectivity index (χ2n) is 8.69. The topological polar surface area (TPSA) is 72.7 Å². The smallest absolute Gasteiger partial charge is 0.253 e. The normalized spacial score (nSPS) is 15.7. The molecule has 3 aromatic carbocycles. The predicted molar refractivity (Wildman–Crippen MR) is 127 cm³/mol. The number of piperazine rings is 1. The highest BCUT2D eigenvalue weighted by Gasteiger charge is 2.23. The van der Waals surface area contributed by atoms with Crippen LogP contribution in [0.15, 0.2) is 66.7 Å². The number of nitrogens with zero attached hydrogens (tertiary/aromatic N) is 5. The maximum Gasteiger partial charge on any atom is 0.253 e. The SMILES string of the molecule is O=C(c1ccc(Cn2nnc3ccccc32)cc1)N1CCN(Cc2ccc3c(c2)OCO3)CC1. The molecule has 1 fully saturated rings. The van der Waals surface area contributed by atoms with Gasteiger partial charge in [0.1, 0.15) is 5.52 Å². The van der Waals surface area contributed by atoms with Crippen LogP contribution in [0.25, 0.3) is 11.0 Å². The molecule has 0 aliphatic carbocycles. The average molecular weight is 456 g/mol. The molecule has 1 aromatic heterocycles. The minimum Gasteiger partial charge on any atom is -0.454 e. The molecule has 0 saturated carbocycles. The Labute approximate surface area is 197 Å². The number of aromatic nitrogens is 3. The zero-order valence-corrected chi connectivity index (χ0v) is 18.8. The van der Waals surface area contributed by atoms with E-state index in [9.17, 15) is 4.79 Å². The Bertz CT molecular complexity index is 1330. The number of fused-ring (bicyclic) bond motifs is 2. The molecule has 0 N–H and O–H groups in total. The maximum absolute atomic E-state index is 13.0. The zero-order chi connectivity index (χ0) is 22.9. The Hall–Kier alpha value is -3.91. The van der Waals surface area contributed by atoms with Crippen LogP contribution in [0, 0.1) is 0 Å². The molecule has 6 rings (SSSR count). The molecule has 34 heavy (non-hydrogen) atoms. The third-order valence-electron chi connectivity index (χ3n) is 6.46. The van der Waals surface area contributed by atoms with E-state index in [2.05, 4.69) is 21.3 Å². The van der Waals surface area contributed by atoms with Gasteiger partial charge in [0.05, 0.1) is 12.1 Å². The van der Waals surface area contributed by atoms with Gasteiger partial charge in [0, 0.05) is 38.3 Å². The number of hydrogen-bond acceptors (Lipinski definition) is 6. The first-order valence-corrected chi connectivity index (χ1v) is 11.5. The van der Waals surface area contributed by atoms with E-state index in [-0.39, 0.29) is 12.7 Å². The van der Waals surface area contributed by atoms with Crippen LogP contribution in [0.2, 0.25) is 0 Å². The molecule has 0 radical (unpaired) electrons. The monoisotopic (exact) mass is 455 g/mol. The lowest BCUT2D eigenvalue weighted by Crippen LogP contribution is -2.48. The van der Waals surface area contributed by atoms with Crippen LogP contribution in [0.3, 0.4) is 0 Å². The van der Waals surface area contributed by atoms with Crippen molar-refractivity contribution in [2.24, 2.45) is 0 Å². The summed E-state index contributed by atoms with van der Waals surface area (Å²) in [6, 6.07) is 21.8. The number of carbonyl (C=O) groups excluding carboxylic acids is 1. The molecule has 1 amide bonds. The van der Waals surface area contributed by atoms with Gasteiger partial charge in [-0.05, 0) is 47.5 Å². The summed E-state index contributed by atoms with van der Waals surface area (Å²) in [4.78, 5) is 17.4. The largest absolute Gasteiger partial charge is 0.454 e. The molecule has 1 saturated heterocycles. The first-order chi connectivity index (χ1) is 16.7. The molecule has 2 aliphatic heterocycles. The van der Waals surface area contributed by atoms with Gasteiger partial charge in [0.25, 0.3) is 5.91 Å². The van der Waals surface area contributed by atoms with Gasteiger partial charge in [0.2, 0.25) is 6.79 Å². The molecular weight excluding hydrogens is 430 g/mol. The minimum absolute atomic E-state index is 0.0838. The van der Waals surface area contributed by atoms with Gasteiger partial charge in [-0.1, -0.05) is 35.5 Å². The summed E-state index contributed by atoms with van der Waals surface area (Å²) in [5.41, 5.74) is 4.88. The third kappa shape index (κ3) is 4.08. The van der Waals surface area contributed by atoms with Crippen LogP contribution in [0.5, 0.6) is 11.5 Å². The fourth-order valence-corrected chi connectivity index (χ4v) is 4.55. The van der Waals surface area contributed by atoms with Gasteiger partial charge in [-0.2, -0.15) is 0 Å². The highest BCUT2D eigenvalue weighted by atomic mass is 16.7. The van der Waals surface area contributed by atoms with Crippen LogP contribution in [0.1, 0.15) is 21.5 Å². The summed E-state index contributed by atoms with van der Waals surface area (Å²) < 4.78 is 12.8. The highest BCUT2D eigenvalue weighted by molar-refractivity contribution is 5.94. The van der Waals surface area contributed by atoms with E-state index in [4.69, 9.17) is 9.47 Å². The number of para-hydroxylation sites is 1. The van der Waals surface area contributed by atoms with E-state index in [1.54, 1.807) is 0 Å². The van der Waals surface area contributed by atoms with E-state index >= 15 is 0 Å². The standard InChI is InChI=1S/C26H25N5O3/c32-26(21-8-5-19(6-9-21)17-31-23-4-2-1-3-22(23)27-28-31)30-13-11-29(12-14-30)16-20-7-10-24-25(15-20)34-18-33-24/h1-10,15H,11-14,16-18H2. The lowest BCUT2D eigenvalue weighted by molar-refractivity contribution is 0.0628. The maximum atomic E-state index is 13.0. The Kier molecular flexibility index (Phi) is 5.35. The number of hydrogen-bond donors (Lipinski definition) is 0. The molecule has 0 spiro atoms. The van der Waals surface area contributed by atoms with E-state index in [0.717, 1.165) is 66.4 Å². The Morgan fingerprint density at radius 1 is 0.824 bits per heavy atom. The summed E-state index contributed by atoms with van der Waals surface area (Å²) in [7, 11) is 0. The van der Waals surface area contributed by atoms with Crippen LogP contribution >= 0.6 is 0 Å². The number of carbonyl (C=O) groups is 1. The fraction of sp³-hybridized carbons (Fsp3) is 0.269. The molecule has 0 atom stereocenters. The van der Waals surface area contributed by atoms with Crippen molar-refractivity contribution in [2.45, 2.75) is 13.1 Å². The molecule has 0 bridgehead atoms.